The Morgan fingerprint density at radius 2 is 1.90 bits per heavy atom. The molecule has 0 aliphatic rings. The summed E-state index contributed by atoms with van der Waals surface area (Å²) in [5, 5.41) is 8.80. The zero-order chi connectivity index (χ0) is 14.5. The smallest absolute Gasteiger partial charge is 0.371 e. The molecular formula is C15H17NO4. The molecule has 0 amide bonds. The van der Waals surface area contributed by atoms with E-state index in [2.05, 4.69) is 0 Å². The lowest BCUT2D eigenvalue weighted by Crippen LogP contribution is -2.16. The molecule has 0 fully saturated rings. The van der Waals surface area contributed by atoms with Gasteiger partial charge in [-0.2, -0.15) is 0 Å². The highest BCUT2D eigenvalue weighted by molar-refractivity contribution is 5.84. The average molecular weight is 275 g/mol. The van der Waals surface area contributed by atoms with Crippen LogP contribution in [0.1, 0.15) is 21.9 Å². The maximum Gasteiger partial charge on any atom is 0.371 e. The van der Waals surface area contributed by atoms with E-state index >= 15 is 0 Å². The SMILES string of the molecule is COc1ccc(CN(C)Cc2ccc(C(=O)O)o2)cc1. The monoisotopic (exact) mass is 275 g/mol. The van der Waals surface area contributed by atoms with E-state index in [4.69, 9.17) is 14.3 Å². The molecule has 0 saturated carbocycles. The fourth-order valence-corrected chi connectivity index (χ4v) is 1.94. The van der Waals surface area contributed by atoms with Crippen LogP contribution >= 0.6 is 0 Å². The first-order valence-electron chi connectivity index (χ1n) is 6.22. The number of carboxylic acid groups (broad SMARTS) is 1. The number of methoxy groups -OCH3 is 1. The number of nitrogens with zero attached hydrogens (tertiary/aromatic N) is 1. The van der Waals surface area contributed by atoms with Gasteiger partial charge in [0.05, 0.1) is 13.7 Å². The van der Waals surface area contributed by atoms with Gasteiger partial charge in [-0.05, 0) is 36.9 Å². The van der Waals surface area contributed by atoms with Crippen LogP contribution in [0.3, 0.4) is 0 Å². The van der Waals surface area contributed by atoms with Crippen LogP contribution in [0, 0.1) is 0 Å². The zero-order valence-corrected chi connectivity index (χ0v) is 11.5. The van der Waals surface area contributed by atoms with Gasteiger partial charge in [0.2, 0.25) is 5.76 Å². The summed E-state index contributed by atoms with van der Waals surface area (Å²) in [7, 11) is 3.59. The summed E-state index contributed by atoms with van der Waals surface area (Å²) in [6, 6.07) is 11.0. The van der Waals surface area contributed by atoms with Crippen LogP contribution in [0.25, 0.3) is 0 Å². The summed E-state index contributed by atoms with van der Waals surface area (Å²) < 4.78 is 10.3. The van der Waals surface area contributed by atoms with E-state index in [1.807, 2.05) is 36.2 Å². The first kappa shape index (κ1) is 14.1. The van der Waals surface area contributed by atoms with Crippen molar-refractivity contribution in [1.82, 2.24) is 4.90 Å². The van der Waals surface area contributed by atoms with E-state index in [0.29, 0.717) is 12.3 Å². The highest BCUT2D eigenvalue weighted by Crippen LogP contribution is 2.15. The van der Waals surface area contributed by atoms with Gasteiger partial charge in [-0.3, -0.25) is 4.90 Å². The summed E-state index contributed by atoms with van der Waals surface area (Å²) in [4.78, 5) is 12.8. The van der Waals surface area contributed by atoms with Crippen molar-refractivity contribution in [2.75, 3.05) is 14.2 Å². The second kappa shape index (κ2) is 6.25. The molecule has 0 bridgehead atoms. The van der Waals surface area contributed by atoms with Gasteiger partial charge in [-0.15, -0.1) is 0 Å². The number of benzene rings is 1. The number of hydrogen-bond acceptors (Lipinski definition) is 4. The molecule has 1 heterocycles. The van der Waals surface area contributed by atoms with Crippen LogP contribution in [0.2, 0.25) is 0 Å². The molecule has 0 atom stereocenters. The minimum atomic E-state index is -1.05. The highest BCUT2D eigenvalue weighted by Gasteiger charge is 2.10. The molecule has 2 rings (SSSR count). The van der Waals surface area contributed by atoms with Crippen LogP contribution in [0.5, 0.6) is 5.75 Å². The molecule has 2 aromatic rings. The highest BCUT2D eigenvalue weighted by atomic mass is 16.5. The van der Waals surface area contributed by atoms with Gasteiger partial charge in [0.1, 0.15) is 11.5 Å². The lowest BCUT2D eigenvalue weighted by atomic mass is 10.2. The Kier molecular flexibility index (Phi) is 4.42. The van der Waals surface area contributed by atoms with Gasteiger partial charge >= 0.3 is 5.97 Å². The van der Waals surface area contributed by atoms with Crippen molar-refractivity contribution in [3.8, 4) is 5.75 Å². The van der Waals surface area contributed by atoms with Crippen molar-refractivity contribution in [2.45, 2.75) is 13.1 Å². The van der Waals surface area contributed by atoms with E-state index in [1.165, 1.54) is 6.07 Å². The van der Waals surface area contributed by atoms with E-state index in [-0.39, 0.29) is 5.76 Å². The quantitative estimate of drug-likeness (QED) is 0.878. The summed E-state index contributed by atoms with van der Waals surface area (Å²) in [5.74, 6) is 0.388. The van der Waals surface area contributed by atoms with Gasteiger partial charge in [0, 0.05) is 6.54 Å². The molecule has 20 heavy (non-hydrogen) atoms. The van der Waals surface area contributed by atoms with Crippen molar-refractivity contribution >= 4 is 5.97 Å². The largest absolute Gasteiger partial charge is 0.497 e. The first-order valence-corrected chi connectivity index (χ1v) is 6.22. The molecule has 1 aromatic heterocycles. The maximum absolute atomic E-state index is 10.7. The number of carboxylic acids is 1. The Morgan fingerprint density at radius 1 is 1.20 bits per heavy atom. The van der Waals surface area contributed by atoms with Crippen LogP contribution in [0.4, 0.5) is 0 Å². The molecule has 1 N–H and O–H groups in total. The van der Waals surface area contributed by atoms with Crippen LogP contribution in [0.15, 0.2) is 40.8 Å². The van der Waals surface area contributed by atoms with Crippen molar-refractivity contribution in [3.05, 3.63) is 53.5 Å². The number of rotatable bonds is 6. The minimum absolute atomic E-state index is 0.0298. The normalized spacial score (nSPS) is 10.8. The van der Waals surface area contributed by atoms with Crippen molar-refractivity contribution in [1.29, 1.82) is 0 Å². The van der Waals surface area contributed by atoms with E-state index in [0.717, 1.165) is 17.9 Å². The fraction of sp³-hybridized carbons (Fsp3) is 0.267. The Morgan fingerprint density at radius 3 is 2.45 bits per heavy atom. The molecule has 5 heteroatoms. The summed E-state index contributed by atoms with van der Waals surface area (Å²) in [5.41, 5.74) is 1.15. The van der Waals surface area contributed by atoms with Crippen LogP contribution in [-0.2, 0) is 13.1 Å². The lowest BCUT2D eigenvalue weighted by molar-refractivity contribution is 0.0658. The Balaban J connectivity index is 1.93. The number of hydrogen-bond donors (Lipinski definition) is 1. The van der Waals surface area contributed by atoms with Crippen molar-refractivity contribution in [3.63, 3.8) is 0 Å². The number of aromatic carboxylic acids is 1. The average Bonchev–Trinajstić information content (AvgIpc) is 2.88. The second-order valence-corrected chi connectivity index (χ2v) is 4.59. The van der Waals surface area contributed by atoms with E-state index in [9.17, 15) is 4.79 Å². The van der Waals surface area contributed by atoms with Gasteiger partial charge in [-0.25, -0.2) is 4.79 Å². The predicted molar refractivity (Wildman–Crippen MR) is 73.8 cm³/mol. The molecular weight excluding hydrogens is 258 g/mol. The van der Waals surface area contributed by atoms with E-state index in [1.54, 1.807) is 13.2 Å². The minimum Gasteiger partial charge on any atom is -0.497 e. The van der Waals surface area contributed by atoms with Crippen molar-refractivity contribution in [2.24, 2.45) is 0 Å². The zero-order valence-electron chi connectivity index (χ0n) is 11.5. The fourth-order valence-electron chi connectivity index (χ4n) is 1.94. The molecule has 0 saturated heterocycles. The number of carbonyl (C=O) groups is 1. The van der Waals surface area contributed by atoms with Crippen LogP contribution in [-0.4, -0.2) is 30.1 Å². The molecule has 0 unspecified atom stereocenters. The van der Waals surface area contributed by atoms with E-state index < -0.39 is 5.97 Å². The standard InChI is InChI=1S/C15H17NO4/c1-16(9-11-3-5-12(19-2)6-4-11)10-13-7-8-14(20-13)15(17)18/h3-8H,9-10H2,1-2H3,(H,17,18). The van der Waals surface area contributed by atoms with Gasteiger partial charge in [-0.1, -0.05) is 12.1 Å². The third-order valence-electron chi connectivity index (χ3n) is 2.91. The van der Waals surface area contributed by atoms with Gasteiger partial charge in [0.15, 0.2) is 0 Å². The molecule has 0 aliphatic heterocycles. The third-order valence-corrected chi connectivity index (χ3v) is 2.91. The van der Waals surface area contributed by atoms with Gasteiger partial charge < -0.3 is 14.3 Å². The third kappa shape index (κ3) is 3.61. The molecule has 1 aromatic carbocycles. The second-order valence-electron chi connectivity index (χ2n) is 4.59. The molecule has 0 radical (unpaired) electrons. The van der Waals surface area contributed by atoms with Crippen molar-refractivity contribution < 1.29 is 19.1 Å². The van der Waals surface area contributed by atoms with Crippen LogP contribution < -0.4 is 4.74 Å². The Hall–Kier alpha value is -2.27. The molecule has 106 valence electrons. The maximum atomic E-state index is 10.7. The van der Waals surface area contributed by atoms with Gasteiger partial charge in [0.25, 0.3) is 0 Å². The summed E-state index contributed by atoms with van der Waals surface area (Å²) >= 11 is 0. The summed E-state index contributed by atoms with van der Waals surface area (Å²) in [6.45, 7) is 1.30. The Labute approximate surface area is 117 Å². The number of furan rings is 1. The molecule has 0 aliphatic carbocycles. The number of ether oxygens (including phenoxy) is 1. The predicted octanol–water partition coefficient (Wildman–Crippen LogP) is 2.62. The summed E-state index contributed by atoms with van der Waals surface area (Å²) in [6.07, 6.45) is 0. The lowest BCUT2D eigenvalue weighted by Gasteiger charge is -2.15. The molecule has 5 nitrogen and oxygen atoms in total. The first-order chi connectivity index (χ1) is 9.58. The topological polar surface area (TPSA) is 62.9 Å². The Bertz CT molecular complexity index is 574. The molecule has 0 spiro atoms.